The predicted molar refractivity (Wildman–Crippen MR) is 66.7 cm³/mol. The number of hydrogen-bond donors (Lipinski definition) is 0. The maximum absolute atomic E-state index is 11.9. The molecular weight excluding hydrogens is 228 g/mol. The molecule has 0 aromatic heterocycles. The van der Waals surface area contributed by atoms with Gasteiger partial charge in [0.05, 0.1) is 5.92 Å². The summed E-state index contributed by atoms with van der Waals surface area (Å²) in [5, 5.41) is 0. The molecule has 0 bridgehead atoms. The molecule has 0 aromatic carbocycles. The van der Waals surface area contributed by atoms with Crippen molar-refractivity contribution in [3.05, 3.63) is 11.1 Å². The third kappa shape index (κ3) is 1.56. The molecule has 0 aromatic rings. The molecule has 0 unspecified atom stereocenters. The second-order valence-electron chi connectivity index (χ2n) is 6.23. The predicted octanol–water partition coefficient (Wildman–Crippen LogP) is 2.50. The summed E-state index contributed by atoms with van der Waals surface area (Å²) in [4.78, 5) is 23.6. The van der Waals surface area contributed by atoms with Gasteiger partial charge >= 0.3 is 5.97 Å². The van der Waals surface area contributed by atoms with Crippen LogP contribution in [0.15, 0.2) is 11.1 Å². The van der Waals surface area contributed by atoms with Crippen molar-refractivity contribution in [2.75, 3.05) is 0 Å². The van der Waals surface area contributed by atoms with E-state index in [2.05, 4.69) is 6.92 Å². The number of fused-ring (bicyclic) bond motifs is 2. The van der Waals surface area contributed by atoms with Gasteiger partial charge in [0, 0.05) is 12.3 Å². The Morgan fingerprint density at radius 3 is 2.61 bits per heavy atom. The second kappa shape index (κ2) is 3.94. The van der Waals surface area contributed by atoms with Crippen LogP contribution in [-0.4, -0.2) is 17.9 Å². The number of carbonyl (C=O) groups is 2. The molecule has 0 spiro atoms. The van der Waals surface area contributed by atoms with Gasteiger partial charge in [-0.25, -0.2) is 0 Å². The highest BCUT2D eigenvalue weighted by molar-refractivity contribution is 5.98. The van der Waals surface area contributed by atoms with E-state index >= 15 is 0 Å². The molecule has 98 valence electrons. The lowest BCUT2D eigenvalue weighted by Gasteiger charge is -2.19. The number of ketones is 1. The van der Waals surface area contributed by atoms with E-state index in [0.717, 1.165) is 18.4 Å². The highest BCUT2D eigenvalue weighted by atomic mass is 16.6. The molecule has 0 radical (unpaired) electrons. The lowest BCUT2D eigenvalue weighted by atomic mass is 9.85. The molecule has 3 nitrogen and oxygen atoms in total. The number of ether oxygens (including phenoxy) is 1. The monoisotopic (exact) mass is 248 g/mol. The van der Waals surface area contributed by atoms with E-state index in [1.165, 1.54) is 5.57 Å². The fourth-order valence-corrected chi connectivity index (χ4v) is 3.94. The SMILES string of the molecule is CC1=C2C[C@H]3[C@@H](C[C@H](C)[C@@H]2CC1=O)OC(=O)[C@@H]3C. The van der Waals surface area contributed by atoms with E-state index in [0.29, 0.717) is 24.0 Å². The minimum absolute atomic E-state index is 0.0167. The molecule has 1 heterocycles. The molecule has 1 saturated carbocycles. The van der Waals surface area contributed by atoms with Crippen LogP contribution in [0.5, 0.6) is 0 Å². The van der Waals surface area contributed by atoms with E-state index in [9.17, 15) is 9.59 Å². The van der Waals surface area contributed by atoms with Gasteiger partial charge in [0.25, 0.3) is 0 Å². The zero-order valence-electron chi connectivity index (χ0n) is 11.2. The molecule has 3 rings (SSSR count). The van der Waals surface area contributed by atoms with Gasteiger partial charge in [0.1, 0.15) is 6.10 Å². The molecule has 1 aliphatic heterocycles. The quantitative estimate of drug-likeness (QED) is 0.619. The Bertz CT molecular complexity index is 449. The summed E-state index contributed by atoms with van der Waals surface area (Å²) in [5.74, 6) is 1.35. The Balaban J connectivity index is 1.97. The molecule has 3 heteroatoms. The smallest absolute Gasteiger partial charge is 0.309 e. The first-order valence-corrected chi connectivity index (χ1v) is 6.92. The van der Waals surface area contributed by atoms with Crippen LogP contribution in [0.1, 0.15) is 40.0 Å². The lowest BCUT2D eigenvalue weighted by Crippen LogP contribution is -2.20. The maximum atomic E-state index is 11.9. The second-order valence-corrected chi connectivity index (χ2v) is 6.23. The summed E-state index contributed by atoms with van der Waals surface area (Å²) in [6.45, 7) is 6.10. The van der Waals surface area contributed by atoms with Crippen molar-refractivity contribution in [1.29, 1.82) is 0 Å². The first kappa shape index (κ1) is 11.9. The highest BCUT2D eigenvalue weighted by Crippen LogP contribution is 2.48. The molecule has 3 aliphatic rings. The first-order chi connectivity index (χ1) is 8.49. The summed E-state index contributed by atoms with van der Waals surface area (Å²) in [6.07, 6.45) is 2.53. The topological polar surface area (TPSA) is 43.4 Å². The van der Waals surface area contributed by atoms with Crippen LogP contribution >= 0.6 is 0 Å². The van der Waals surface area contributed by atoms with Gasteiger partial charge in [-0.15, -0.1) is 0 Å². The number of rotatable bonds is 0. The summed E-state index contributed by atoms with van der Waals surface area (Å²) >= 11 is 0. The summed E-state index contributed by atoms with van der Waals surface area (Å²) < 4.78 is 5.51. The average molecular weight is 248 g/mol. The van der Waals surface area contributed by atoms with Gasteiger partial charge in [0.2, 0.25) is 0 Å². The van der Waals surface area contributed by atoms with E-state index in [1.54, 1.807) is 0 Å². The van der Waals surface area contributed by atoms with E-state index < -0.39 is 0 Å². The number of allylic oxidation sites excluding steroid dienone is 2. The van der Waals surface area contributed by atoms with Crippen LogP contribution in [0.4, 0.5) is 0 Å². The summed E-state index contributed by atoms with van der Waals surface area (Å²) in [6, 6.07) is 0. The Hall–Kier alpha value is -1.12. The van der Waals surface area contributed by atoms with Crippen LogP contribution in [-0.2, 0) is 14.3 Å². The van der Waals surface area contributed by atoms with Gasteiger partial charge in [-0.3, -0.25) is 9.59 Å². The fraction of sp³-hybridized carbons (Fsp3) is 0.733. The minimum atomic E-state index is -0.0572. The normalized spacial score (nSPS) is 43.6. The minimum Gasteiger partial charge on any atom is -0.462 e. The van der Waals surface area contributed by atoms with Crippen molar-refractivity contribution in [2.24, 2.45) is 23.7 Å². The van der Waals surface area contributed by atoms with E-state index in [4.69, 9.17) is 4.74 Å². The Kier molecular flexibility index (Phi) is 2.61. The van der Waals surface area contributed by atoms with E-state index in [1.807, 2.05) is 13.8 Å². The van der Waals surface area contributed by atoms with Gasteiger partial charge in [-0.05, 0) is 37.2 Å². The van der Waals surface area contributed by atoms with Crippen LogP contribution in [0.2, 0.25) is 0 Å². The largest absolute Gasteiger partial charge is 0.462 e. The van der Waals surface area contributed by atoms with Crippen LogP contribution in [0.25, 0.3) is 0 Å². The molecule has 2 aliphatic carbocycles. The van der Waals surface area contributed by atoms with Crippen LogP contribution in [0, 0.1) is 23.7 Å². The van der Waals surface area contributed by atoms with Crippen molar-refractivity contribution in [1.82, 2.24) is 0 Å². The zero-order chi connectivity index (χ0) is 13.0. The van der Waals surface area contributed by atoms with Crippen molar-refractivity contribution < 1.29 is 14.3 Å². The lowest BCUT2D eigenvalue weighted by molar-refractivity contribution is -0.144. The van der Waals surface area contributed by atoms with Crippen LogP contribution in [0.3, 0.4) is 0 Å². The summed E-state index contributed by atoms with van der Waals surface area (Å²) in [5.41, 5.74) is 2.27. The standard InChI is InChI=1S/C15H20O3/c1-7-4-14-12(9(3)15(17)18-14)5-11-8(2)13(16)6-10(7)11/h7,9-10,12,14H,4-6H2,1-3H3/t7-,9+,10-,12+,14+/m0/s1. The molecule has 18 heavy (non-hydrogen) atoms. The Morgan fingerprint density at radius 2 is 1.89 bits per heavy atom. The molecular formula is C15H20O3. The average Bonchev–Trinajstić information content (AvgIpc) is 2.68. The first-order valence-electron chi connectivity index (χ1n) is 6.92. The molecule has 5 atom stereocenters. The fourth-order valence-electron chi connectivity index (χ4n) is 3.94. The molecule has 2 fully saturated rings. The maximum Gasteiger partial charge on any atom is 0.309 e. The Morgan fingerprint density at radius 1 is 1.17 bits per heavy atom. The number of carbonyl (C=O) groups excluding carboxylic acids is 2. The number of esters is 1. The molecule has 0 amide bonds. The Labute approximate surface area is 108 Å². The van der Waals surface area contributed by atoms with Crippen molar-refractivity contribution >= 4 is 11.8 Å². The van der Waals surface area contributed by atoms with E-state index in [-0.39, 0.29) is 23.9 Å². The summed E-state index contributed by atoms with van der Waals surface area (Å²) in [7, 11) is 0. The van der Waals surface area contributed by atoms with Crippen molar-refractivity contribution in [2.45, 2.75) is 46.1 Å². The third-order valence-electron chi connectivity index (χ3n) is 5.26. The van der Waals surface area contributed by atoms with Gasteiger partial charge in [0.15, 0.2) is 5.78 Å². The molecule has 1 saturated heterocycles. The van der Waals surface area contributed by atoms with Crippen molar-refractivity contribution in [3.63, 3.8) is 0 Å². The van der Waals surface area contributed by atoms with Crippen molar-refractivity contribution in [3.8, 4) is 0 Å². The number of Topliss-reactive ketones (excluding diaryl/α,β-unsaturated/α-hetero) is 1. The van der Waals surface area contributed by atoms with Gasteiger partial charge in [-0.1, -0.05) is 19.4 Å². The van der Waals surface area contributed by atoms with Gasteiger partial charge in [-0.2, -0.15) is 0 Å². The van der Waals surface area contributed by atoms with Gasteiger partial charge < -0.3 is 4.74 Å². The molecule has 0 N–H and O–H groups in total. The zero-order valence-corrected chi connectivity index (χ0v) is 11.2. The third-order valence-corrected chi connectivity index (χ3v) is 5.26. The highest BCUT2D eigenvalue weighted by Gasteiger charge is 2.48. The number of hydrogen-bond acceptors (Lipinski definition) is 3. The van der Waals surface area contributed by atoms with Crippen LogP contribution < -0.4 is 0 Å².